The van der Waals surface area contributed by atoms with Gasteiger partial charge in [-0.1, -0.05) is 103 Å². The summed E-state index contributed by atoms with van der Waals surface area (Å²) in [6, 6.07) is 36.7. The van der Waals surface area contributed by atoms with Crippen LogP contribution in [0.2, 0.25) is 0 Å². The fraction of sp³-hybridized carbons (Fsp3) is 0.0370. The van der Waals surface area contributed by atoms with E-state index in [-0.39, 0.29) is 5.91 Å². The van der Waals surface area contributed by atoms with Crippen molar-refractivity contribution in [1.82, 2.24) is 5.43 Å². The highest BCUT2D eigenvalue weighted by molar-refractivity contribution is 7.80. The Morgan fingerprint density at radius 1 is 0.742 bits per heavy atom. The molecule has 0 aliphatic rings. The van der Waals surface area contributed by atoms with Crippen LogP contribution in [0.25, 0.3) is 0 Å². The minimum absolute atomic E-state index is 0.220. The summed E-state index contributed by atoms with van der Waals surface area (Å²) >= 11 is 0. The summed E-state index contributed by atoms with van der Waals surface area (Å²) in [6.45, 7) is 1.99. The zero-order valence-electron chi connectivity index (χ0n) is 17.3. The van der Waals surface area contributed by atoms with Gasteiger partial charge in [0.1, 0.15) is 0 Å². The molecule has 0 heterocycles. The van der Waals surface area contributed by atoms with E-state index in [4.69, 9.17) is 0 Å². The van der Waals surface area contributed by atoms with Crippen LogP contribution in [0.4, 0.5) is 0 Å². The second-order valence-electron chi connectivity index (χ2n) is 7.13. The summed E-state index contributed by atoms with van der Waals surface area (Å²) in [5.74, 6) is -0.220. The monoisotopic (exact) mass is 422 g/mol. The Bertz CT molecular complexity index is 1130. The van der Waals surface area contributed by atoms with Crippen molar-refractivity contribution in [3.63, 3.8) is 0 Å². The molecule has 0 aromatic heterocycles. The molecule has 4 heteroatoms. The highest BCUT2D eigenvalue weighted by Gasteiger charge is 2.18. The first-order valence-corrected chi connectivity index (χ1v) is 11.5. The second-order valence-corrected chi connectivity index (χ2v) is 9.32. The van der Waals surface area contributed by atoms with E-state index in [1.807, 2.05) is 43.3 Å². The van der Waals surface area contributed by atoms with Crippen molar-refractivity contribution in [2.45, 2.75) is 6.92 Å². The number of hydrogen-bond donors (Lipinski definition) is 1. The van der Waals surface area contributed by atoms with Crippen LogP contribution in [0.1, 0.15) is 21.5 Å². The average molecular weight is 422 g/mol. The number of carbonyl (C=O) groups excluding carboxylic acids is 1. The van der Waals surface area contributed by atoms with Gasteiger partial charge in [-0.3, -0.25) is 4.79 Å². The molecular formula is C27H23N2OP. The molecule has 0 bridgehead atoms. The fourth-order valence-corrected chi connectivity index (χ4v) is 5.73. The molecule has 0 radical (unpaired) electrons. The molecule has 0 unspecified atom stereocenters. The Kier molecular flexibility index (Phi) is 6.66. The number of hydrazone groups is 1. The first-order chi connectivity index (χ1) is 15.2. The van der Waals surface area contributed by atoms with Gasteiger partial charge in [-0.2, -0.15) is 5.10 Å². The lowest BCUT2D eigenvalue weighted by molar-refractivity contribution is 0.0955. The molecule has 31 heavy (non-hydrogen) atoms. The summed E-state index contributed by atoms with van der Waals surface area (Å²) < 4.78 is 0. The SMILES string of the molecule is Cc1ccc(C(=O)N/N=C/c2ccccc2P(c2ccccc2)c2ccccc2)cc1. The topological polar surface area (TPSA) is 41.5 Å². The second kappa shape index (κ2) is 9.97. The predicted octanol–water partition coefficient (Wildman–Crippen LogP) is 4.52. The van der Waals surface area contributed by atoms with Crippen molar-refractivity contribution in [2.24, 2.45) is 5.10 Å². The number of carbonyl (C=O) groups is 1. The first kappa shape index (κ1) is 20.7. The molecule has 152 valence electrons. The highest BCUT2D eigenvalue weighted by atomic mass is 31.1. The Morgan fingerprint density at radius 2 is 1.29 bits per heavy atom. The summed E-state index contributed by atoms with van der Waals surface area (Å²) in [7, 11) is -0.750. The summed E-state index contributed by atoms with van der Waals surface area (Å²) in [5, 5.41) is 8.00. The van der Waals surface area contributed by atoms with E-state index >= 15 is 0 Å². The maximum Gasteiger partial charge on any atom is 0.271 e. The van der Waals surface area contributed by atoms with E-state index in [0.29, 0.717) is 5.56 Å². The van der Waals surface area contributed by atoms with Crippen LogP contribution in [-0.2, 0) is 0 Å². The highest BCUT2D eigenvalue weighted by Crippen LogP contribution is 2.33. The van der Waals surface area contributed by atoms with Gasteiger partial charge < -0.3 is 0 Å². The van der Waals surface area contributed by atoms with Crippen molar-refractivity contribution in [3.05, 3.63) is 126 Å². The average Bonchev–Trinajstić information content (AvgIpc) is 2.82. The van der Waals surface area contributed by atoms with E-state index < -0.39 is 7.92 Å². The number of benzene rings is 4. The quantitative estimate of drug-likeness (QED) is 0.277. The molecule has 0 saturated carbocycles. The van der Waals surface area contributed by atoms with Crippen LogP contribution in [0.3, 0.4) is 0 Å². The summed E-state index contributed by atoms with van der Waals surface area (Å²) in [5.41, 5.74) is 5.35. The Hall–Kier alpha value is -3.55. The van der Waals surface area contributed by atoms with Gasteiger partial charge in [-0.05, 0) is 42.9 Å². The van der Waals surface area contributed by atoms with Gasteiger partial charge in [0.15, 0.2) is 0 Å². The number of aryl methyl sites for hydroxylation is 1. The Morgan fingerprint density at radius 3 is 1.90 bits per heavy atom. The van der Waals surface area contributed by atoms with Gasteiger partial charge in [-0.25, -0.2) is 5.43 Å². The maximum atomic E-state index is 12.4. The van der Waals surface area contributed by atoms with Gasteiger partial charge in [0, 0.05) is 11.1 Å². The molecule has 4 rings (SSSR count). The molecule has 4 aromatic carbocycles. The molecule has 0 aliphatic carbocycles. The lowest BCUT2D eigenvalue weighted by Crippen LogP contribution is -2.24. The smallest absolute Gasteiger partial charge is 0.267 e. The van der Waals surface area contributed by atoms with Gasteiger partial charge in [0.25, 0.3) is 5.91 Å². The molecule has 1 amide bonds. The number of nitrogens with zero attached hydrogens (tertiary/aromatic N) is 1. The largest absolute Gasteiger partial charge is 0.271 e. The van der Waals surface area contributed by atoms with Crippen LogP contribution >= 0.6 is 7.92 Å². The predicted molar refractivity (Wildman–Crippen MR) is 131 cm³/mol. The summed E-state index contributed by atoms with van der Waals surface area (Å²) in [4.78, 5) is 12.4. The molecule has 3 nitrogen and oxygen atoms in total. The lowest BCUT2D eigenvalue weighted by atomic mass is 10.1. The molecule has 0 spiro atoms. The van der Waals surface area contributed by atoms with Crippen molar-refractivity contribution >= 4 is 36.0 Å². The number of hydrogen-bond acceptors (Lipinski definition) is 2. The van der Waals surface area contributed by atoms with E-state index in [2.05, 4.69) is 71.2 Å². The molecule has 4 aromatic rings. The first-order valence-electron chi connectivity index (χ1n) is 10.1. The molecule has 0 atom stereocenters. The standard InChI is InChI=1S/C27H23N2OP/c1-21-16-18-22(19-17-21)27(30)29-28-20-23-10-8-9-15-26(23)31(24-11-4-2-5-12-24)25-13-6-3-7-14-25/h2-20H,1H3,(H,29,30)/b28-20+. The third-order valence-corrected chi connectivity index (χ3v) is 7.41. The Balaban J connectivity index is 1.64. The van der Waals surface area contributed by atoms with Crippen molar-refractivity contribution in [2.75, 3.05) is 0 Å². The molecular weight excluding hydrogens is 399 g/mol. The van der Waals surface area contributed by atoms with Gasteiger partial charge in [-0.15, -0.1) is 0 Å². The third kappa shape index (κ3) is 5.14. The number of rotatable bonds is 6. The maximum absolute atomic E-state index is 12.4. The van der Waals surface area contributed by atoms with Crippen LogP contribution < -0.4 is 21.3 Å². The Labute approximate surface area is 184 Å². The van der Waals surface area contributed by atoms with Gasteiger partial charge >= 0.3 is 0 Å². The molecule has 1 N–H and O–H groups in total. The summed E-state index contributed by atoms with van der Waals surface area (Å²) in [6.07, 6.45) is 1.74. The van der Waals surface area contributed by atoms with Gasteiger partial charge in [0.05, 0.1) is 6.21 Å². The molecule has 0 aliphatic heterocycles. The van der Waals surface area contributed by atoms with Crippen LogP contribution in [-0.4, -0.2) is 12.1 Å². The van der Waals surface area contributed by atoms with Crippen molar-refractivity contribution < 1.29 is 4.79 Å². The zero-order chi connectivity index (χ0) is 21.5. The lowest BCUT2D eigenvalue weighted by Gasteiger charge is -2.21. The molecule has 0 saturated heterocycles. The van der Waals surface area contributed by atoms with E-state index in [1.165, 1.54) is 15.9 Å². The third-order valence-electron chi connectivity index (χ3n) is 4.89. The normalized spacial score (nSPS) is 11.0. The van der Waals surface area contributed by atoms with Crippen LogP contribution in [0.15, 0.2) is 114 Å². The zero-order valence-corrected chi connectivity index (χ0v) is 18.2. The number of amides is 1. The minimum Gasteiger partial charge on any atom is -0.267 e. The number of nitrogens with one attached hydrogen (secondary N) is 1. The van der Waals surface area contributed by atoms with Crippen LogP contribution in [0, 0.1) is 6.92 Å². The van der Waals surface area contributed by atoms with E-state index in [0.717, 1.165) is 11.1 Å². The van der Waals surface area contributed by atoms with Crippen molar-refractivity contribution in [1.29, 1.82) is 0 Å². The van der Waals surface area contributed by atoms with E-state index in [9.17, 15) is 4.79 Å². The van der Waals surface area contributed by atoms with Gasteiger partial charge in [0.2, 0.25) is 0 Å². The van der Waals surface area contributed by atoms with E-state index in [1.54, 1.807) is 18.3 Å². The van der Waals surface area contributed by atoms with Crippen molar-refractivity contribution in [3.8, 4) is 0 Å². The fourth-order valence-electron chi connectivity index (χ4n) is 3.31. The van der Waals surface area contributed by atoms with Crippen LogP contribution in [0.5, 0.6) is 0 Å². The minimum atomic E-state index is -0.750. The molecule has 0 fully saturated rings.